The van der Waals surface area contributed by atoms with E-state index in [2.05, 4.69) is 15.3 Å². The number of hydrogen-bond donors (Lipinski definition) is 1. The summed E-state index contributed by atoms with van der Waals surface area (Å²) in [4.78, 5) is 8.40. The minimum absolute atomic E-state index is 0.153. The molecular weight excluding hydrogens is 233 g/mol. The Morgan fingerprint density at radius 2 is 1.89 bits per heavy atom. The molecule has 0 unspecified atom stereocenters. The van der Waals surface area contributed by atoms with Gasteiger partial charge in [-0.3, -0.25) is 0 Å². The van der Waals surface area contributed by atoms with Gasteiger partial charge in [0.25, 0.3) is 0 Å². The average Bonchev–Trinajstić information content (AvgIpc) is 2.36. The van der Waals surface area contributed by atoms with Gasteiger partial charge in [-0.15, -0.1) is 0 Å². The van der Waals surface area contributed by atoms with Crippen LogP contribution in [0, 0.1) is 19.7 Å². The average molecular weight is 247 g/mol. The van der Waals surface area contributed by atoms with E-state index in [1.54, 1.807) is 32.2 Å². The van der Waals surface area contributed by atoms with Crippen LogP contribution >= 0.6 is 0 Å². The van der Waals surface area contributed by atoms with Gasteiger partial charge in [-0.1, -0.05) is 12.1 Å². The molecule has 1 N–H and O–H groups in total. The van der Waals surface area contributed by atoms with Gasteiger partial charge in [0.15, 0.2) is 11.6 Å². The van der Waals surface area contributed by atoms with E-state index in [1.807, 2.05) is 6.92 Å². The zero-order valence-electron chi connectivity index (χ0n) is 10.5. The summed E-state index contributed by atoms with van der Waals surface area (Å²) in [7, 11) is 1.77. The molecule has 0 saturated heterocycles. The summed E-state index contributed by atoms with van der Waals surface area (Å²) in [5, 5.41) is 2.95. The molecule has 0 saturated carbocycles. The summed E-state index contributed by atoms with van der Waals surface area (Å²) >= 11 is 0. The van der Waals surface area contributed by atoms with Crippen LogP contribution < -0.4 is 10.1 Å². The largest absolute Gasteiger partial charge is 0.435 e. The molecule has 0 fully saturated rings. The number of nitrogens with one attached hydrogen (secondary N) is 1. The lowest BCUT2D eigenvalue weighted by Gasteiger charge is -2.11. The van der Waals surface area contributed by atoms with Crippen molar-refractivity contribution < 1.29 is 9.13 Å². The van der Waals surface area contributed by atoms with Crippen LogP contribution in [0.4, 0.5) is 10.2 Å². The lowest BCUT2D eigenvalue weighted by atomic mass is 10.3. The number of benzene rings is 1. The van der Waals surface area contributed by atoms with Gasteiger partial charge in [-0.05, 0) is 26.0 Å². The van der Waals surface area contributed by atoms with E-state index in [-0.39, 0.29) is 5.75 Å². The predicted octanol–water partition coefficient (Wildman–Crippen LogP) is 3.07. The van der Waals surface area contributed by atoms with Crippen LogP contribution in [0.3, 0.4) is 0 Å². The number of halogens is 1. The van der Waals surface area contributed by atoms with Crippen molar-refractivity contribution in [2.75, 3.05) is 12.4 Å². The van der Waals surface area contributed by atoms with Crippen molar-refractivity contribution in [2.24, 2.45) is 0 Å². The molecule has 1 aromatic carbocycles. The second-order valence-corrected chi connectivity index (χ2v) is 3.83. The number of ether oxygens (including phenoxy) is 1. The van der Waals surface area contributed by atoms with E-state index in [4.69, 9.17) is 4.74 Å². The van der Waals surface area contributed by atoms with E-state index >= 15 is 0 Å². The molecule has 0 radical (unpaired) electrons. The first-order valence-corrected chi connectivity index (χ1v) is 5.57. The van der Waals surface area contributed by atoms with E-state index in [9.17, 15) is 4.39 Å². The van der Waals surface area contributed by atoms with Crippen molar-refractivity contribution in [2.45, 2.75) is 13.8 Å². The molecule has 0 amide bonds. The summed E-state index contributed by atoms with van der Waals surface area (Å²) in [6, 6.07) is 6.23. The van der Waals surface area contributed by atoms with Gasteiger partial charge in [0, 0.05) is 7.05 Å². The van der Waals surface area contributed by atoms with Crippen molar-refractivity contribution in [3.05, 3.63) is 41.5 Å². The zero-order valence-corrected chi connectivity index (χ0v) is 10.5. The van der Waals surface area contributed by atoms with Crippen LogP contribution in [0.2, 0.25) is 0 Å². The maximum absolute atomic E-state index is 13.5. The molecule has 0 atom stereocenters. The fraction of sp³-hybridized carbons (Fsp3) is 0.231. The summed E-state index contributed by atoms with van der Waals surface area (Å²) < 4.78 is 19.0. The summed E-state index contributed by atoms with van der Waals surface area (Å²) in [5.74, 6) is 1.34. The highest BCUT2D eigenvalue weighted by atomic mass is 19.1. The Balaban J connectivity index is 2.40. The summed E-state index contributed by atoms with van der Waals surface area (Å²) in [6.07, 6.45) is 0. The van der Waals surface area contributed by atoms with E-state index in [0.29, 0.717) is 17.5 Å². The first-order valence-electron chi connectivity index (χ1n) is 5.57. The fourth-order valence-electron chi connectivity index (χ4n) is 1.58. The van der Waals surface area contributed by atoms with Crippen LogP contribution in [0.1, 0.15) is 11.4 Å². The lowest BCUT2D eigenvalue weighted by Crippen LogP contribution is -2.03. The standard InChI is InChI=1S/C13H14FN3O/c1-8-12(15-3)16-9(2)17-13(8)18-11-7-5-4-6-10(11)14/h4-7H,1-3H3,(H,15,16,17). The Bertz CT molecular complexity index is 572. The monoisotopic (exact) mass is 247 g/mol. The Kier molecular flexibility index (Phi) is 3.41. The SMILES string of the molecule is CNc1nc(C)nc(Oc2ccccc2F)c1C. The number of aromatic nitrogens is 2. The molecule has 0 spiro atoms. The Morgan fingerprint density at radius 1 is 1.17 bits per heavy atom. The molecule has 0 bridgehead atoms. The number of para-hydroxylation sites is 1. The second kappa shape index (κ2) is 5.00. The number of anilines is 1. The van der Waals surface area contributed by atoms with Crippen molar-refractivity contribution in [3.8, 4) is 11.6 Å². The first-order chi connectivity index (χ1) is 8.61. The maximum Gasteiger partial charge on any atom is 0.227 e. The molecule has 2 rings (SSSR count). The number of nitrogens with zero attached hydrogens (tertiary/aromatic N) is 2. The van der Waals surface area contributed by atoms with Crippen LogP contribution in [0.5, 0.6) is 11.6 Å². The summed E-state index contributed by atoms with van der Waals surface area (Å²) in [5.41, 5.74) is 0.742. The van der Waals surface area contributed by atoms with E-state index in [1.165, 1.54) is 6.07 Å². The smallest absolute Gasteiger partial charge is 0.227 e. The number of aryl methyl sites for hydroxylation is 1. The van der Waals surface area contributed by atoms with Crippen molar-refractivity contribution >= 4 is 5.82 Å². The number of hydrogen-bond acceptors (Lipinski definition) is 4. The second-order valence-electron chi connectivity index (χ2n) is 3.83. The third-order valence-electron chi connectivity index (χ3n) is 2.49. The molecule has 1 aromatic heterocycles. The molecule has 0 aliphatic heterocycles. The molecule has 5 heteroatoms. The minimum Gasteiger partial charge on any atom is -0.435 e. The van der Waals surface area contributed by atoms with Crippen LogP contribution in [-0.2, 0) is 0 Å². The van der Waals surface area contributed by atoms with Gasteiger partial charge in [0.1, 0.15) is 11.6 Å². The van der Waals surface area contributed by atoms with Gasteiger partial charge in [0.2, 0.25) is 5.88 Å². The van der Waals surface area contributed by atoms with Gasteiger partial charge in [0.05, 0.1) is 5.56 Å². The molecular formula is C13H14FN3O. The van der Waals surface area contributed by atoms with Gasteiger partial charge < -0.3 is 10.1 Å². The van der Waals surface area contributed by atoms with Gasteiger partial charge in [-0.2, -0.15) is 4.98 Å². The fourth-order valence-corrected chi connectivity index (χ4v) is 1.58. The van der Waals surface area contributed by atoms with E-state index < -0.39 is 5.82 Å². The molecule has 0 aliphatic rings. The zero-order chi connectivity index (χ0) is 13.1. The van der Waals surface area contributed by atoms with Crippen LogP contribution in [0.15, 0.2) is 24.3 Å². The number of rotatable bonds is 3. The molecule has 18 heavy (non-hydrogen) atoms. The quantitative estimate of drug-likeness (QED) is 0.905. The minimum atomic E-state index is -0.417. The highest BCUT2D eigenvalue weighted by Gasteiger charge is 2.12. The third kappa shape index (κ3) is 2.40. The molecule has 2 aromatic rings. The van der Waals surface area contributed by atoms with Gasteiger partial charge >= 0.3 is 0 Å². The van der Waals surface area contributed by atoms with Crippen molar-refractivity contribution in [1.82, 2.24) is 9.97 Å². The van der Waals surface area contributed by atoms with Crippen molar-refractivity contribution in [3.63, 3.8) is 0 Å². The molecule has 0 aliphatic carbocycles. The topological polar surface area (TPSA) is 47.0 Å². The van der Waals surface area contributed by atoms with Gasteiger partial charge in [-0.25, -0.2) is 9.37 Å². The highest BCUT2D eigenvalue weighted by Crippen LogP contribution is 2.28. The Hall–Kier alpha value is -2.17. The first kappa shape index (κ1) is 12.3. The Labute approximate surface area is 105 Å². The highest BCUT2D eigenvalue weighted by molar-refractivity contribution is 5.49. The maximum atomic E-state index is 13.5. The van der Waals surface area contributed by atoms with Crippen LogP contribution in [-0.4, -0.2) is 17.0 Å². The third-order valence-corrected chi connectivity index (χ3v) is 2.49. The summed E-state index contributed by atoms with van der Waals surface area (Å²) in [6.45, 7) is 3.58. The molecule has 1 heterocycles. The normalized spacial score (nSPS) is 10.2. The van der Waals surface area contributed by atoms with E-state index in [0.717, 1.165) is 5.56 Å². The molecule has 94 valence electrons. The molecule has 4 nitrogen and oxygen atoms in total. The predicted molar refractivity (Wildman–Crippen MR) is 67.5 cm³/mol. The Morgan fingerprint density at radius 3 is 2.56 bits per heavy atom. The van der Waals surface area contributed by atoms with Crippen LogP contribution in [0.25, 0.3) is 0 Å². The van der Waals surface area contributed by atoms with Crippen molar-refractivity contribution in [1.29, 1.82) is 0 Å². The lowest BCUT2D eigenvalue weighted by molar-refractivity contribution is 0.422.